The zero-order valence-electron chi connectivity index (χ0n) is 8.77. The molecule has 2 nitrogen and oxygen atoms in total. The van der Waals surface area contributed by atoms with Crippen molar-refractivity contribution < 1.29 is 5.11 Å². The Morgan fingerprint density at radius 1 is 1.31 bits per heavy atom. The van der Waals surface area contributed by atoms with E-state index in [2.05, 4.69) is 19.2 Å². The smallest absolute Gasteiger partial charge is 0.0618 e. The summed E-state index contributed by atoms with van der Waals surface area (Å²) in [6.07, 6.45) is 6.25. The van der Waals surface area contributed by atoms with Crippen LogP contribution in [0.3, 0.4) is 0 Å². The van der Waals surface area contributed by atoms with Gasteiger partial charge >= 0.3 is 0 Å². The Bertz CT molecular complexity index is 198. The van der Waals surface area contributed by atoms with Crippen molar-refractivity contribution >= 4 is 0 Å². The molecule has 13 heavy (non-hydrogen) atoms. The van der Waals surface area contributed by atoms with Gasteiger partial charge in [0.1, 0.15) is 0 Å². The zero-order valence-corrected chi connectivity index (χ0v) is 8.77. The van der Waals surface area contributed by atoms with Crippen LogP contribution in [0.2, 0.25) is 0 Å². The molecule has 0 aromatic heterocycles. The molecule has 0 aromatic rings. The van der Waals surface area contributed by atoms with Gasteiger partial charge in [0.05, 0.1) is 6.61 Å². The second-order valence-corrected chi connectivity index (χ2v) is 5.40. The van der Waals surface area contributed by atoms with Crippen molar-refractivity contribution in [3.05, 3.63) is 0 Å². The Hall–Kier alpha value is -0.0800. The predicted molar refractivity (Wildman–Crippen MR) is 53.6 cm³/mol. The third kappa shape index (κ3) is 1.50. The highest BCUT2D eigenvalue weighted by atomic mass is 16.3. The Morgan fingerprint density at radius 2 is 2.00 bits per heavy atom. The van der Waals surface area contributed by atoms with Gasteiger partial charge in [-0.25, -0.2) is 0 Å². The third-order valence-corrected chi connectivity index (χ3v) is 4.03. The average molecular weight is 183 g/mol. The fourth-order valence-corrected chi connectivity index (χ4v) is 2.63. The summed E-state index contributed by atoms with van der Waals surface area (Å²) in [6.45, 7) is 4.87. The van der Waals surface area contributed by atoms with E-state index in [0.717, 1.165) is 6.42 Å². The van der Waals surface area contributed by atoms with Crippen LogP contribution in [0.1, 0.15) is 46.0 Å². The highest BCUT2D eigenvalue weighted by Crippen LogP contribution is 2.47. The van der Waals surface area contributed by atoms with Crippen LogP contribution in [-0.4, -0.2) is 23.3 Å². The molecule has 1 unspecified atom stereocenters. The van der Waals surface area contributed by atoms with Gasteiger partial charge in [0.2, 0.25) is 0 Å². The monoisotopic (exact) mass is 183 g/mol. The number of aliphatic hydroxyl groups excluding tert-OH is 1. The minimum atomic E-state index is 0.0220. The minimum absolute atomic E-state index is 0.0220. The fourth-order valence-electron chi connectivity index (χ4n) is 2.63. The fraction of sp³-hybridized carbons (Fsp3) is 1.00. The number of nitrogens with one attached hydrogen (secondary N) is 1. The molecule has 2 aliphatic rings. The molecule has 76 valence electrons. The van der Waals surface area contributed by atoms with Crippen LogP contribution in [0.15, 0.2) is 0 Å². The van der Waals surface area contributed by atoms with Gasteiger partial charge in [-0.05, 0) is 31.1 Å². The van der Waals surface area contributed by atoms with E-state index in [1.165, 1.54) is 25.7 Å². The predicted octanol–water partition coefficient (Wildman–Crippen LogP) is 1.68. The van der Waals surface area contributed by atoms with Gasteiger partial charge < -0.3 is 10.4 Å². The molecule has 2 fully saturated rings. The quantitative estimate of drug-likeness (QED) is 0.697. The Balaban J connectivity index is 2.11. The first-order valence-corrected chi connectivity index (χ1v) is 5.48. The summed E-state index contributed by atoms with van der Waals surface area (Å²) in [5, 5.41) is 13.2. The lowest BCUT2D eigenvalue weighted by Gasteiger charge is -2.41. The molecule has 2 saturated carbocycles. The van der Waals surface area contributed by atoms with Crippen molar-refractivity contribution in [3.63, 3.8) is 0 Å². The van der Waals surface area contributed by atoms with Crippen LogP contribution in [-0.2, 0) is 0 Å². The molecule has 0 spiro atoms. The van der Waals surface area contributed by atoms with E-state index in [-0.39, 0.29) is 11.0 Å². The zero-order chi connectivity index (χ0) is 9.53. The lowest BCUT2D eigenvalue weighted by Crippen LogP contribution is -2.56. The summed E-state index contributed by atoms with van der Waals surface area (Å²) in [6, 6.07) is 0.699. The van der Waals surface area contributed by atoms with Gasteiger partial charge in [-0.15, -0.1) is 0 Å². The highest BCUT2D eigenvalue weighted by molar-refractivity contribution is 5.07. The summed E-state index contributed by atoms with van der Waals surface area (Å²) in [7, 11) is 0. The topological polar surface area (TPSA) is 32.3 Å². The number of rotatable bonds is 3. The van der Waals surface area contributed by atoms with Crippen molar-refractivity contribution in [1.29, 1.82) is 0 Å². The molecule has 2 rings (SSSR count). The van der Waals surface area contributed by atoms with E-state index < -0.39 is 0 Å². The molecule has 0 bridgehead atoms. The van der Waals surface area contributed by atoms with Crippen LogP contribution in [0, 0.1) is 5.41 Å². The van der Waals surface area contributed by atoms with Gasteiger partial charge in [0.25, 0.3) is 0 Å². The number of aliphatic hydroxyl groups is 1. The van der Waals surface area contributed by atoms with Gasteiger partial charge in [-0.1, -0.05) is 20.3 Å². The van der Waals surface area contributed by atoms with Crippen LogP contribution < -0.4 is 5.32 Å². The molecule has 2 aliphatic carbocycles. The van der Waals surface area contributed by atoms with Crippen LogP contribution in [0.5, 0.6) is 0 Å². The van der Waals surface area contributed by atoms with E-state index in [4.69, 9.17) is 0 Å². The third-order valence-electron chi connectivity index (χ3n) is 4.03. The summed E-state index contributed by atoms with van der Waals surface area (Å²) in [5.74, 6) is 0. The largest absolute Gasteiger partial charge is 0.394 e. The standard InChI is InChI=1S/C11H21NO/c1-10(2)6-3-7-11(10,8-13)12-9-4-5-9/h9,12-13H,3-8H2,1-2H3. The molecule has 2 N–H and O–H groups in total. The summed E-state index contributed by atoms with van der Waals surface area (Å²) in [4.78, 5) is 0. The van der Waals surface area contributed by atoms with Crippen molar-refractivity contribution in [2.24, 2.45) is 5.41 Å². The normalized spacial score (nSPS) is 38.1. The molecule has 0 aromatic carbocycles. The van der Waals surface area contributed by atoms with E-state index >= 15 is 0 Å². The SMILES string of the molecule is CC1(C)CCCC1(CO)NC1CC1. The molecule has 0 saturated heterocycles. The van der Waals surface area contributed by atoms with Gasteiger partial charge in [0, 0.05) is 11.6 Å². The van der Waals surface area contributed by atoms with E-state index in [1.807, 2.05) is 0 Å². The Kier molecular flexibility index (Phi) is 2.16. The van der Waals surface area contributed by atoms with Gasteiger partial charge in [-0.2, -0.15) is 0 Å². The average Bonchev–Trinajstić information content (AvgIpc) is 2.80. The van der Waals surface area contributed by atoms with Crippen molar-refractivity contribution in [1.82, 2.24) is 5.32 Å². The Morgan fingerprint density at radius 3 is 2.38 bits per heavy atom. The van der Waals surface area contributed by atoms with E-state index in [1.54, 1.807) is 0 Å². The first-order chi connectivity index (χ1) is 6.10. The second-order valence-electron chi connectivity index (χ2n) is 5.40. The van der Waals surface area contributed by atoms with Crippen molar-refractivity contribution in [2.45, 2.75) is 57.5 Å². The first-order valence-electron chi connectivity index (χ1n) is 5.48. The minimum Gasteiger partial charge on any atom is -0.394 e. The lowest BCUT2D eigenvalue weighted by molar-refractivity contribution is 0.0734. The maximum Gasteiger partial charge on any atom is 0.0618 e. The van der Waals surface area contributed by atoms with Crippen LogP contribution in [0.25, 0.3) is 0 Å². The number of hydrogen-bond acceptors (Lipinski definition) is 2. The molecule has 0 aliphatic heterocycles. The highest BCUT2D eigenvalue weighted by Gasteiger charge is 2.50. The van der Waals surface area contributed by atoms with Crippen molar-refractivity contribution in [3.8, 4) is 0 Å². The summed E-state index contributed by atoms with van der Waals surface area (Å²) < 4.78 is 0. The molecule has 0 heterocycles. The van der Waals surface area contributed by atoms with Gasteiger partial charge in [0.15, 0.2) is 0 Å². The van der Waals surface area contributed by atoms with Crippen LogP contribution >= 0.6 is 0 Å². The van der Waals surface area contributed by atoms with Crippen molar-refractivity contribution in [2.75, 3.05) is 6.61 Å². The molecular weight excluding hydrogens is 162 g/mol. The summed E-state index contributed by atoms with van der Waals surface area (Å²) >= 11 is 0. The molecular formula is C11H21NO. The molecule has 1 atom stereocenters. The second kappa shape index (κ2) is 2.96. The van der Waals surface area contributed by atoms with Gasteiger partial charge in [-0.3, -0.25) is 0 Å². The molecule has 0 amide bonds. The molecule has 0 radical (unpaired) electrons. The Labute approximate surface area is 80.7 Å². The number of hydrogen-bond donors (Lipinski definition) is 2. The lowest BCUT2D eigenvalue weighted by atomic mass is 9.75. The maximum absolute atomic E-state index is 9.57. The van der Waals surface area contributed by atoms with Crippen LogP contribution in [0.4, 0.5) is 0 Å². The van der Waals surface area contributed by atoms with E-state index in [0.29, 0.717) is 12.6 Å². The maximum atomic E-state index is 9.57. The van der Waals surface area contributed by atoms with E-state index in [9.17, 15) is 5.11 Å². The first kappa shape index (κ1) is 9.47. The molecule has 2 heteroatoms. The summed E-state index contributed by atoms with van der Waals surface area (Å²) in [5.41, 5.74) is 0.290.